The molecule has 2 atom stereocenters. The number of halogens is 3. The van der Waals surface area contributed by atoms with Crippen LogP contribution in [0.25, 0.3) is 32.9 Å². The summed E-state index contributed by atoms with van der Waals surface area (Å²) in [5.41, 5.74) is 0.262. The lowest BCUT2D eigenvalue weighted by molar-refractivity contribution is 0.107. The van der Waals surface area contributed by atoms with E-state index < -0.39 is 23.3 Å². The number of benzene rings is 2. The van der Waals surface area contributed by atoms with Crippen molar-refractivity contribution in [2.75, 3.05) is 44.3 Å². The van der Waals surface area contributed by atoms with Gasteiger partial charge in [0.25, 0.3) is 0 Å². The van der Waals surface area contributed by atoms with Gasteiger partial charge in [-0.05, 0) is 55.8 Å². The highest BCUT2D eigenvalue weighted by Gasteiger charge is 2.49. The second kappa shape index (κ2) is 10.7. The number of nitrogens with zero attached hydrogens (tertiary/aromatic N) is 6. The molecule has 232 valence electrons. The van der Waals surface area contributed by atoms with Gasteiger partial charge in [0.2, 0.25) is 0 Å². The van der Waals surface area contributed by atoms with E-state index >= 15 is 4.39 Å². The van der Waals surface area contributed by atoms with E-state index in [2.05, 4.69) is 25.8 Å². The van der Waals surface area contributed by atoms with Gasteiger partial charge in [-0.25, -0.2) is 23.2 Å². The summed E-state index contributed by atoms with van der Waals surface area (Å²) in [6.45, 7) is 3.58. The van der Waals surface area contributed by atoms with E-state index in [9.17, 15) is 13.9 Å². The fourth-order valence-corrected chi connectivity index (χ4v) is 7.92. The maximum absolute atomic E-state index is 17.0. The van der Waals surface area contributed by atoms with Gasteiger partial charge in [0.05, 0.1) is 22.2 Å². The van der Waals surface area contributed by atoms with Crippen LogP contribution in [0.2, 0.25) is 0 Å². The Hall–Kier alpha value is -4.14. The summed E-state index contributed by atoms with van der Waals surface area (Å²) in [7, 11) is 0. The van der Waals surface area contributed by atoms with Crippen LogP contribution in [0.5, 0.6) is 11.8 Å². The first-order chi connectivity index (χ1) is 21.8. The van der Waals surface area contributed by atoms with Gasteiger partial charge in [0.1, 0.15) is 35.6 Å². The standard InChI is InChI=1S/C34H33F3N6O2/c1-2-23-25(36)8-7-20-15-22(44)16-24(27(20)23)30-29(37)31-28-26(38-30)9-14-42-12-4-3-5-13-43(42)32(28)40-33(39-31)45-19-34-10-6-11-41(34)18-21(35)17-34/h1,7-8,15-16,21,44H,3-6,9-14,17-19H2/t21-,34+/m1/s1. The van der Waals surface area contributed by atoms with Crippen molar-refractivity contribution in [3.8, 4) is 35.4 Å². The molecule has 4 aromatic rings. The molecule has 3 fully saturated rings. The van der Waals surface area contributed by atoms with Gasteiger partial charge in [-0.3, -0.25) is 9.91 Å². The SMILES string of the molecule is C#Cc1c(F)ccc2cc(O)cc(-c3nc4c5c(nc(OC[C@@]67CCCN6C[C@H](F)C7)nc5c3F)N3CCCCCN3CC4)c12. The Labute approximate surface area is 258 Å². The Balaban J connectivity index is 1.33. The fourth-order valence-electron chi connectivity index (χ4n) is 7.92. The van der Waals surface area contributed by atoms with Crippen LogP contribution in [-0.4, -0.2) is 81.0 Å². The molecule has 3 saturated heterocycles. The molecule has 0 unspecified atom stereocenters. The Bertz CT molecular complexity index is 1900. The molecule has 45 heavy (non-hydrogen) atoms. The van der Waals surface area contributed by atoms with Crippen LogP contribution in [0, 0.1) is 24.0 Å². The Morgan fingerprint density at radius 1 is 1.02 bits per heavy atom. The molecule has 1 N–H and O–H groups in total. The molecule has 0 spiro atoms. The lowest BCUT2D eigenvalue weighted by Gasteiger charge is -2.33. The molecule has 6 heterocycles. The third-order valence-corrected chi connectivity index (χ3v) is 9.98. The maximum atomic E-state index is 17.0. The molecule has 0 bridgehead atoms. The zero-order valence-electron chi connectivity index (χ0n) is 24.8. The van der Waals surface area contributed by atoms with E-state index in [0.717, 1.165) is 45.2 Å². The molecule has 8 nitrogen and oxygen atoms in total. The van der Waals surface area contributed by atoms with Gasteiger partial charge >= 0.3 is 6.01 Å². The van der Waals surface area contributed by atoms with Gasteiger partial charge in [0, 0.05) is 50.0 Å². The van der Waals surface area contributed by atoms with Crippen LogP contribution < -0.4 is 9.75 Å². The van der Waals surface area contributed by atoms with Crippen molar-refractivity contribution in [3.63, 3.8) is 0 Å². The second-order valence-electron chi connectivity index (χ2n) is 12.7. The van der Waals surface area contributed by atoms with Crippen molar-refractivity contribution in [2.24, 2.45) is 0 Å². The highest BCUT2D eigenvalue weighted by Crippen LogP contribution is 2.43. The van der Waals surface area contributed by atoms with Crippen molar-refractivity contribution in [2.45, 2.75) is 56.7 Å². The number of hydrazine groups is 1. The minimum atomic E-state index is -0.912. The lowest BCUT2D eigenvalue weighted by atomic mass is 9.95. The lowest BCUT2D eigenvalue weighted by Crippen LogP contribution is -2.44. The summed E-state index contributed by atoms with van der Waals surface area (Å²) in [4.78, 5) is 16.5. The summed E-state index contributed by atoms with van der Waals surface area (Å²) in [5.74, 6) is 1.44. The van der Waals surface area contributed by atoms with Gasteiger partial charge in [-0.1, -0.05) is 18.4 Å². The van der Waals surface area contributed by atoms with E-state index in [1.54, 1.807) is 0 Å². The van der Waals surface area contributed by atoms with Crippen LogP contribution in [0.3, 0.4) is 0 Å². The summed E-state index contributed by atoms with van der Waals surface area (Å²) in [6, 6.07) is 5.58. The highest BCUT2D eigenvalue weighted by molar-refractivity contribution is 6.03. The predicted molar refractivity (Wildman–Crippen MR) is 165 cm³/mol. The van der Waals surface area contributed by atoms with E-state index in [0.29, 0.717) is 54.8 Å². The van der Waals surface area contributed by atoms with Crippen molar-refractivity contribution in [1.29, 1.82) is 0 Å². The van der Waals surface area contributed by atoms with Crippen molar-refractivity contribution >= 4 is 27.5 Å². The minimum absolute atomic E-state index is 0.0188. The molecule has 2 aromatic heterocycles. The number of phenolic OH excluding ortho intramolecular Hbond substituents is 1. The van der Waals surface area contributed by atoms with Crippen LogP contribution in [-0.2, 0) is 6.42 Å². The van der Waals surface area contributed by atoms with Crippen molar-refractivity contribution < 1.29 is 23.0 Å². The van der Waals surface area contributed by atoms with Crippen LogP contribution in [0.4, 0.5) is 19.0 Å². The van der Waals surface area contributed by atoms with Gasteiger partial charge in [0.15, 0.2) is 11.6 Å². The largest absolute Gasteiger partial charge is 0.508 e. The number of hydrogen-bond acceptors (Lipinski definition) is 8. The number of rotatable bonds is 4. The fraction of sp³-hybridized carbons (Fsp3) is 0.441. The molecule has 0 amide bonds. The quantitative estimate of drug-likeness (QED) is 0.301. The van der Waals surface area contributed by atoms with Gasteiger partial charge < -0.3 is 9.84 Å². The average molecular weight is 615 g/mol. The molecule has 8 rings (SSSR count). The first-order valence-electron chi connectivity index (χ1n) is 15.7. The number of pyridine rings is 1. The Morgan fingerprint density at radius 2 is 1.89 bits per heavy atom. The summed E-state index contributed by atoms with van der Waals surface area (Å²) in [5, 5.41) is 16.2. The van der Waals surface area contributed by atoms with Crippen molar-refractivity contribution in [3.05, 3.63) is 47.2 Å². The van der Waals surface area contributed by atoms with Crippen LogP contribution in [0.1, 0.15) is 49.8 Å². The molecule has 4 aliphatic rings. The molecule has 2 aromatic carbocycles. The third-order valence-electron chi connectivity index (χ3n) is 9.98. The number of alkyl halides is 1. The zero-order valence-corrected chi connectivity index (χ0v) is 24.8. The number of phenols is 1. The Kier molecular flexibility index (Phi) is 6.76. The number of ether oxygens (including phenoxy) is 1. The third kappa shape index (κ3) is 4.57. The number of hydrogen-bond donors (Lipinski definition) is 1. The van der Waals surface area contributed by atoms with E-state index in [1.807, 2.05) is 0 Å². The molecule has 0 saturated carbocycles. The highest BCUT2D eigenvalue weighted by atomic mass is 19.1. The molecule has 11 heteroatoms. The monoisotopic (exact) mass is 614 g/mol. The maximum Gasteiger partial charge on any atom is 0.319 e. The van der Waals surface area contributed by atoms with E-state index in [1.165, 1.54) is 24.3 Å². The van der Waals surface area contributed by atoms with E-state index in [-0.39, 0.29) is 46.1 Å². The molecule has 4 aliphatic heterocycles. The molecular weight excluding hydrogens is 581 g/mol. The van der Waals surface area contributed by atoms with Crippen molar-refractivity contribution in [1.82, 2.24) is 24.9 Å². The minimum Gasteiger partial charge on any atom is -0.508 e. The number of aromatic nitrogens is 3. The number of fused-ring (bicyclic) bond motifs is 4. The predicted octanol–water partition coefficient (Wildman–Crippen LogP) is 5.53. The molecular formula is C34H33F3N6O2. The first kappa shape index (κ1) is 28.3. The number of aromatic hydroxyl groups is 1. The number of anilines is 1. The van der Waals surface area contributed by atoms with E-state index in [4.69, 9.17) is 21.1 Å². The second-order valence-corrected chi connectivity index (χ2v) is 12.7. The Morgan fingerprint density at radius 3 is 2.76 bits per heavy atom. The van der Waals surface area contributed by atoms with Crippen LogP contribution >= 0.6 is 0 Å². The topological polar surface area (TPSA) is 77.8 Å². The molecule has 0 aliphatic carbocycles. The average Bonchev–Trinajstić information content (AvgIpc) is 3.38. The van der Waals surface area contributed by atoms with Crippen LogP contribution in [0.15, 0.2) is 24.3 Å². The summed E-state index contributed by atoms with van der Waals surface area (Å²) < 4.78 is 52.7. The molecule has 0 radical (unpaired) electrons. The van der Waals surface area contributed by atoms with Gasteiger partial charge in [-0.15, -0.1) is 6.42 Å². The zero-order chi connectivity index (χ0) is 30.9. The smallest absolute Gasteiger partial charge is 0.319 e. The summed E-state index contributed by atoms with van der Waals surface area (Å²) in [6.07, 6.45) is 10.5. The summed E-state index contributed by atoms with van der Waals surface area (Å²) >= 11 is 0. The first-order valence-corrected chi connectivity index (χ1v) is 15.7. The van der Waals surface area contributed by atoms with Gasteiger partial charge in [-0.2, -0.15) is 9.97 Å². The number of terminal acetylenes is 1. The normalized spacial score (nSPS) is 23.5.